The minimum absolute atomic E-state index is 0.425. The Morgan fingerprint density at radius 1 is 0.500 bits per heavy atom. The van der Waals surface area contributed by atoms with E-state index in [4.69, 9.17) is 0 Å². The van der Waals surface area contributed by atoms with Gasteiger partial charge in [0.1, 0.15) is 0 Å². The zero-order valence-corrected chi connectivity index (χ0v) is 16.0. The maximum Gasteiger partial charge on any atom is 0.308 e. The molecule has 26 heavy (non-hydrogen) atoms. The van der Waals surface area contributed by atoms with Crippen LogP contribution in [-0.4, -0.2) is 0 Å². The Bertz CT molecular complexity index is 787. The van der Waals surface area contributed by atoms with Gasteiger partial charge in [0.15, 0.2) is 11.7 Å². The van der Waals surface area contributed by atoms with E-state index in [1.165, 1.54) is 45.2 Å². The van der Waals surface area contributed by atoms with E-state index in [1.807, 2.05) is 0 Å². The molecule has 0 aliphatic carbocycles. The van der Waals surface area contributed by atoms with Crippen molar-refractivity contribution in [2.45, 2.75) is 0 Å². The third-order valence-electron chi connectivity index (χ3n) is 2.63. The molecule has 0 aliphatic rings. The molecule has 0 fully saturated rings. The van der Waals surface area contributed by atoms with Gasteiger partial charge in [-0.25, -0.2) is 17.6 Å². The monoisotopic (exact) mass is 614 g/mol. The molecule has 0 bridgehead atoms. The molecular weight excluding hydrogens is 612 g/mol. The second kappa shape index (κ2) is 9.23. The first kappa shape index (κ1) is 23.0. The van der Waals surface area contributed by atoms with Gasteiger partial charge < -0.3 is 0 Å². The Morgan fingerprint density at radius 3 is 1.00 bits per heavy atom. The van der Waals surface area contributed by atoms with E-state index in [0.29, 0.717) is 12.1 Å². The molecule has 12 heteroatoms. The van der Waals surface area contributed by atoms with Crippen molar-refractivity contribution in [1.29, 1.82) is 0 Å². The Labute approximate surface area is 166 Å². The largest absolute Gasteiger partial charge is 0.308 e. The van der Waals surface area contributed by atoms with Gasteiger partial charge in [-0.15, -0.1) is 0 Å². The minimum atomic E-state index is -3.12. The van der Waals surface area contributed by atoms with Crippen LogP contribution >= 0.6 is 45.2 Å². The number of hydrogen-bond donors (Lipinski definition) is 0. The van der Waals surface area contributed by atoms with Crippen LogP contribution in [0.4, 0.5) is 43.9 Å². The number of halogens is 12. The Morgan fingerprint density at radius 2 is 0.769 bits per heavy atom. The highest BCUT2D eigenvalue weighted by Crippen LogP contribution is 2.37. The van der Waals surface area contributed by atoms with Gasteiger partial charge >= 0.3 is 12.2 Å². The van der Waals surface area contributed by atoms with Crippen LogP contribution < -0.4 is 0 Å². The van der Waals surface area contributed by atoms with Crippen molar-refractivity contribution in [1.82, 2.24) is 0 Å². The van der Waals surface area contributed by atoms with Gasteiger partial charge in [-0.2, -0.15) is 26.3 Å². The quantitative estimate of drug-likeness (QED) is 0.182. The summed E-state index contributed by atoms with van der Waals surface area (Å²) in [5.74, 6) is -14.7. The zero-order chi connectivity index (χ0) is 20.3. The molecule has 0 saturated carbocycles. The minimum Gasteiger partial charge on any atom is -0.203 e. The molecule has 1 aromatic carbocycles. The van der Waals surface area contributed by atoms with Crippen LogP contribution in [-0.2, 0) is 0 Å². The summed E-state index contributed by atoms with van der Waals surface area (Å²) in [5, 5.41) is 0. The molecule has 0 aromatic heterocycles. The lowest BCUT2D eigenvalue weighted by Crippen LogP contribution is -1.96. The van der Waals surface area contributed by atoms with Crippen molar-refractivity contribution in [3.63, 3.8) is 0 Å². The van der Waals surface area contributed by atoms with Gasteiger partial charge in [0.05, 0.1) is 0 Å². The molecule has 1 rings (SSSR count). The predicted octanol–water partition coefficient (Wildman–Crippen LogP) is 8.27. The van der Waals surface area contributed by atoms with Crippen LogP contribution in [0.3, 0.4) is 0 Å². The second-order valence-corrected chi connectivity index (χ2v) is 6.54. The SMILES string of the molecule is FC(F)=C(F)/C(F)=C(\F)c1cc(I)c(/C(F)=C(\F)C(F)=C(F)F)cc1I. The average Bonchev–Trinajstić information content (AvgIpc) is 2.59. The summed E-state index contributed by atoms with van der Waals surface area (Å²) >= 11 is 2.49. The van der Waals surface area contributed by atoms with Crippen molar-refractivity contribution < 1.29 is 43.9 Å². The van der Waals surface area contributed by atoms with Crippen molar-refractivity contribution in [2.75, 3.05) is 0 Å². The molecule has 0 radical (unpaired) electrons. The lowest BCUT2D eigenvalue weighted by atomic mass is 10.1. The van der Waals surface area contributed by atoms with E-state index in [9.17, 15) is 43.9 Å². The molecule has 0 heterocycles. The second-order valence-electron chi connectivity index (χ2n) is 4.22. The highest BCUT2D eigenvalue weighted by molar-refractivity contribution is 14.1. The molecule has 142 valence electrons. The number of hydrogen-bond acceptors (Lipinski definition) is 0. The summed E-state index contributed by atoms with van der Waals surface area (Å²) < 4.78 is 127. The van der Waals surface area contributed by atoms with Crippen LogP contribution in [0.15, 0.2) is 47.6 Å². The van der Waals surface area contributed by atoms with Crippen LogP contribution in [0.2, 0.25) is 0 Å². The number of allylic oxidation sites excluding steroid dienone is 4. The van der Waals surface area contributed by atoms with Crippen molar-refractivity contribution >= 4 is 56.8 Å². The standard InChI is InChI=1S/C14H2F10I2/c15-7(9(17)11(19)13(21)22)3-1-5(25)4(2-6(3)26)8(16)10(18)12(20)14(23)24/h1-2H/b9-7+,10-8+. The molecule has 0 saturated heterocycles. The molecule has 0 aliphatic heterocycles. The van der Waals surface area contributed by atoms with Crippen LogP contribution in [0.5, 0.6) is 0 Å². The molecule has 0 N–H and O–H groups in total. The predicted molar refractivity (Wildman–Crippen MR) is 90.8 cm³/mol. The number of benzene rings is 1. The van der Waals surface area contributed by atoms with E-state index in [2.05, 4.69) is 0 Å². The first-order valence-electron chi connectivity index (χ1n) is 5.92. The third-order valence-corrected chi connectivity index (χ3v) is 4.42. The van der Waals surface area contributed by atoms with E-state index >= 15 is 0 Å². The summed E-state index contributed by atoms with van der Waals surface area (Å²) in [6.45, 7) is 0. The fraction of sp³-hybridized carbons (Fsp3) is 0. The molecular formula is C14H2F10I2. The van der Waals surface area contributed by atoms with E-state index < -0.39 is 65.4 Å². The number of rotatable bonds is 4. The Balaban J connectivity index is 3.61. The maximum absolute atomic E-state index is 13.8. The van der Waals surface area contributed by atoms with Gasteiger partial charge in [0.25, 0.3) is 0 Å². The first-order valence-corrected chi connectivity index (χ1v) is 8.08. The topological polar surface area (TPSA) is 0 Å². The summed E-state index contributed by atoms with van der Waals surface area (Å²) in [6.07, 6.45) is -6.24. The summed E-state index contributed by atoms with van der Waals surface area (Å²) in [6, 6.07) is 1.21. The van der Waals surface area contributed by atoms with Gasteiger partial charge in [0.2, 0.25) is 23.3 Å². The lowest BCUT2D eigenvalue weighted by Gasteiger charge is -2.09. The third kappa shape index (κ3) is 5.01. The van der Waals surface area contributed by atoms with Crippen molar-refractivity contribution in [2.24, 2.45) is 0 Å². The molecule has 0 amide bonds. The molecule has 0 spiro atoms. The fourth-order valence-corrected chi connectivity index (χ4v) is 2.89. The van der Waals surface area contributed by atoms with Crippen LogP contribution in [0.1, 0.15) is 11.1 Å². The van der Waals surface area contributed by atoms with Crippen LogP contribution in [0.25, 0.3) is 11.7 Å². The highest BCUT2D eigenvalue weighted by atomic mass is 127. The maximum atomic E-state index is 13.8. The van der Waals surface area contributed by atoms with Gasteiger partial charge in [0, 0.05) is 18.3 Å². The average molecular weight is 614 g/mol. The van der Waals surface area contributed by atoms with Crippen molar-refractivity contribution in [3.8, 4) is 0 Å². The van der Waals surface area contributed by atoms with E-state index in [0.717, 1.165) is 0 Å². The normalized spacial score (nSPS) is 13.1. The summed E-state index contributed by atoms with van der Waals surface area (Å²) in [7, 11) is 0. The Kier molecular flexibility index (Phi) is 8.16. The fourth-order valence-electron chi connectivity index (χ4n) is 1.48. The van der Waals surface area contributed by atoms with Gasteiger partial charge in [-0.3, -0.25) is 0 Å². The first-order chi connectivity index (χ1) is 11.9. The smallest absolute Gasteiger partial charge is 0.203 e. The van der Waals surface area contributed by atoms with Crippen LogP contribution in [0, 0.1) is 7.14 Å². The molecule has 0 unspecified atom stereocenters. The van der Waals surface area contributed by atoms with E-state index in [-0.39, 0.29) is 0 Å². The van der Waals surface area contributed by atoms with E-state index in [1.54, 1.807) is 0 Å². The van der Waals surface area contributed by atoms with Gasteiger partial charge in [-0.05, 0) is 57.3 Å². The Hall–Kier alpha value is -1.06. The summed E-state index contributed by atoms with van der Waals surface area (Å²) in [4.78, 5) is 0. The molecule has 0 atom stereocenters. The summed E-state index contributed by atoms with van der Waals surface area (Å²) in [5.41, 5.74) is -1.60. The zero-order valence-electron chi connectivity index (χ0n) is 11.7. The highest BCUT2D eigenvalue weighted by Gasteiger charge is 2.24. The van der Waals surface area contributed by atoms with Gasteiger partial charge in [-0.1, -0.05) is 0 Å². The molecule has 1 aromatic rings. The van der Waals surface area contributed by atoms with Crippen molar-refractivity contribution in [3.05, 3.63) is 65.9 Å². The lowest BCUT2D eigenvalue weighted by molar-refractivity contribution is 0.370. The molecule has 0 nitrogen and oxygen atoms in total.